The third kappa shape index (κ3) is 7.52. The van der Waals surface area contributed by atoms with Crippen molar-refractivity contribution in [3.8, 4) is 0 Å². The van der Waals surface area contributed by atoms with Crippen molar-refractivity contribution in [2.75, 3.05) is 0 Å². The Labute approximate surface area is 219 Å². The van der Waals surface area contributed by atoms with Crippen LogP contribution in [0.5, 0.6) is 0 Å². The number of carbonyl (C=O) groups excluding carboxylic acids is 1. The van der Waals surface area contributed by atoms with Crippen molar-refractivity contribution in [1.82, 2.24) is 5.01 Å². The molecule has 2 aliphatic rings. The molecule has 0 aromatic heterocycles. The van der Waals surface area contributed by atoms with E-state index in [1.807, 2.05) is 6.92 Å². The molecule has 1 aliphatic carbocycles. The molecule has 38 heavy (non-hydrogen) atoms. The molecule has 1 heterocycles. The maximum atomic E-state index is 14.5. The SMILES string of the molecule is CCC1=CC(C(=CN2C=CCC(C)C(c3cc(CF)cc(C(F)(F)F)c3)=N2)C(=O)OC(C)C)=CC(F)=CC1. The first-order chi connectivity index (χ1) is 17.9. The smallest absolute Gasteiger partial charge is 0.416 e. The van der Waals surface area contributed by atoms with Crippen LogP contribution in [0.25, 0.3) is 0 Å². The van der Waals surface area contributed by atoms with Crippen LogP contribution in [0.2, 0.25) is 0 Å². The van der Waals surface area contributed by atoms with Crippen LogP contribution in [0.4, 0.5) is 22.0 Å². The Bertz CT molecular complexity index is 1240. The number of halogens is 5. The lowest BCUT2D eigenvalue weighted by molar-refractivity contribution is -0.142. The van der Waals surface area contributed by atoms with Gasteiger partial charge in [-0.1, -0.05) is 31.6 Å². The van der Waals surface area contributed by atoms with Gasteiger partial charge in [-0.15, -0.1) is 0 Å². The van der Waals surface area contributed by atoms with Gasteiger partial charge in [-0.25, -0.2) is 18.6 Å². The molecule has 9 heteroatoms. The standard InChI is InChI=1S/C29H31F5N2O2/c1-5-20-8-9-25(31)15-22(11-20)26(28(37)38-18(2)3)17-36-10-6-7-19(4)27(35-36)23-12-21(16-30)13-24(14-23)29(32,33)34/h6,9-15,17-19H,5,7-8,16H2,1-4H3. The second-order valence-corrected chi connectivity index (χ2v) is 9.48. The number of hydrogen-bond acceptors (Lipinski definition) is 4. The van der Waals surface area contributed by atoms with Crippen molar-refractivity contribution in [3.63, 3.8) is 0 Å². The van der Waals surface area contributed by atoms with E-state index in [0.29, 0.717) is 24.8 Å². The van der Waals surface area contributed by atoms with Crippen LogP contribution in [0.3, 0.4) is 0 Å². The molecule has 1 aliphatic heterocycles. The number of nitrogens with zero attached hydrogens (tertiary/aromatic N) is 2. The molecule has 0 saturated heterocycles. The molecule has 0 saturated carbocycles. The maximum Gasteiger partial charge on any atom is 0.416 e. The Morgan fingerprint density at radius 1 is 1.24 bits per heavy atom. The number of allylic oxidation sites excluding steroid dienone is 6. The van der Waals surface area contributed by atoms with Crippen LogP contribution in [0.1, 0.15) is 63.6 Å². The largest absolute Gasteiger partial charge is 0.459 e. The van der Waals surface area contributed by atoms with Crippen molar-refractivity contribution in [2.45, 2.75) is 65.9 Å². The molecule has 3 rings (SSSR count). The summed E-state index contributed by atoms with van der Waals surface area (Å²) in [6, 6.07) is 3.07. The van der Waals surface area contributed by atoms with Crippen molar-refractivity contribution < 1.29 is 31.5 Å². The zero-order chi connectivity index (χ0) is 28.0. The van der Waals surface area contributed by atoms with Crippen LogP contribution in [-0.2, 0) is 22.4 Å². The van der Waals surface area contributed by atoms with Gasteiger partial charge in [-0.3, -0.25) is 0 Å². The fourth-order valence-corrected chi connectivity index (χ4v) is 4.05. The number of carbonyl (C=O) groups is 1. The third-order valence-electron chi connectivity index (χ3n) is 6.01. The molecule has 1 unspecified atom stereocenters. The number of hydrogen-bond donors (Lipinski definition) is 0. The zero-order valence-corrected chi connectivity index (χ0v) is 21.8. The van der Waals surface area contributed by atoms with Gasteiger partial charge in [0.05, 0.1) is 23.0 Å². The third-order valence-corrected chi connectivity index (χ3v) is 6.01. The van der Waals surface area contributed by atoms with E-state index in [1.165, 1.54) is 29.4 Å². The second-order valence-electron chi connectivity index (χ2n) is 9.48. The molecule has 0 N–H and O–H groups in total. The van der Waals surface area contributed by atoms with E-state index in [9.17, 15) is 26.7 Å². The monoisotopic (exact) mass is 534 g/mol. The summed E-state index contributed by atoms with van der Waals surface area (Å²) in [4.78, 5) is 13.1. The van der Waals surface area contributed by atoms with Gasteiger partial charge in [0.2, 0.25) is 0 Å². The molecular weight excluding hydrogens is 503 g/mol. The fourth-order valence-electron chi connectivity index (χ4n) is 4.05. The predicted molar refractivity (Wildman–Crippen MR) is 137 cm³/mol. The van der Waals surface area contributed by atoms with Crippen molar-refractivity contribution >= 4 is 11.7 Å². The van der Waals surface area contributed by atoms with Crippen LogP contribution < -0.4 is 0 Å². The fraction of sp³-hybridized carbons (Fsp3) is 0.379. The molecule has 0 spiro atoms. The number of esters is 1. The zero-order valence-electron chi connectivity index (χ0n) is 21.8. The number of alkyl halides is 4. The summed E-state index contributed by atoms with van der Waals surface area (Å²) in [6.07, 6.45) is 5.47. The first kappa shape index (κ1) is 29.1. The Balaban J connectivity index is 2.16. The van der Waals surface area contributed by atoms with Crippen molar-refractivity contribution in [2.24, 2.45) is 11.0 Å². The minimum absolute atomic E-state index is 0.0332. The Morgan fingerprint density at radius 2 is 1.97 bits per heavy atom. The second kappa shape index (κ2) is 12.4. The highest BCUT2D eigenvalue weighted by molar-refractivity contribution is 6.02. The summed E-state index contributed by atoms with van der Waals surface area (Å²) >= 11 is 0. The van der Waals surface area contributed by atoms with Gasteiger partial charge in [-0.2, -0.15) is 18.3 Å². The van der Waals surface area contributed by atoms with E-state index < -0.39 is 36.3 Å². The van der Waals surface area contributed by atoms with Gasteiger partial charge in [0.15, 0.2) is 0 Å². The number of benzene rings is 1. The van der Waals surface area contributed by atoms with Crippen LogP contribution in [0.15, 0.2) is 82.6 Å². The molecule has 0 radical (unpaired) electrons. The van der Waals surface area contributed by atoms with Gasteiger partial charge in [0, 0.05) is 18.3 Å². The predicted octanol–water partition coefficient (Wildman–Crippen LogP) is 8.09. The molecule has 0 fully saturated rings. The van der Waals surface area contributed by atoms with E-state index in [4.69, 9.17) is 4.74 Å². The summed E-state index contributed by atoms with van der Waals surface area (Å²) in [7, 11) is 0. The number of rotatable bonds is 7. The maximum absolute atomic E-state index is 14.5. The highest BCUT2D eigenvalue weighted by atomic mass is 19.4. The minimum Gasteiger partial charge on any atom is -0.459 e. The number of hydrazone groups is 1. The Hall–Kier alpha value is -3.49. The lowest BCUT2D eigenvalue weighted by Crippen LogP contribution is -2.19. The average molecular weight is 535 g/mol. The Morgan fingerprint density at radius 3 is 2.61 bits per heavy atom. The van der Waals surface area contributed by atoms with Crippen LogP contribution in [0, 0.1) is 5.92 Å². The molecular formula is C29H31F5N2O2. The molecule has 1 aromatic rings. The van der Waals surface area contributed by atoms with E-state index in [0.717, 1.165) is 17.7 Å². The molecule has 204 valence electrons. The topological polar surface area (TPSA) is 41.9 Å². The number of ether oxygens (including phenoxy) is 1. The molecule has 0 bridgehead atoms. The molecule has 0 amide bonds. The summed E-state index contributed by atoms with van der Waals surface area (Å²) in [5, 5.41) is 5.84. The highest BCUT2D eigenvalue weighted by Crippen LogP contribution is 2.33. The quantitative estimate of drug-likeness (QED) is 0.202. The first-order valence-electron chi connectivity index (χ1n) is 12.4. The lowest BCUT2D eigenvalue weighted by atomic mass is 9.93. The van der Waals surface area contributed by atoms with Gasteiger partial charge < -0.3 is 4.74 Å². The molecule has 1 atom stereocenters. The molecule has 4 nitrogen and oxygen atoms in total. The summed E-state index contributed by atoms with van der Waals surface area (Å²) in [5.74, 6) is -1.51. The van der Waals surface area contributed by atoms with Crippen molar-refractivity contribution in [1.29, 1.82) is 0 Å². The summed E-state index contributed by atoms with van der Waals surface area (Å²) in [5.41, 5.74) is 0.554. The van der Waals surface area contributed by atoms with Crippen LogP contribution >= 0.6 is 0 Å². The van der Waals surface area contributed by atoms with E-state index in [-0.39, 0.29) is 28.3 Å². The van der Waals surface area contributed by atoms with Gasteiger partial charge >= 0.3 is 12.1 Å². The highest BCUT2D eigenvalue weighted by Gasteiger charge is 2.32. The van der Waals surface area contributed by atoms with Gasteiger partial charge in [0.1, 0.15) is 12.5 Å². The van der Waals surface area contributed by atoms with E-state index in [1.54, 1.807) is 39.1 Å². The average Bonchev–Trinajstić information content (AvgIpc) is 3.15. The lowest BCUT2D eigenvalue weighted by Gasteiger charge is -2.18. The summed E-state index contributed by atoms with van der Waals surface area (Å²) in [6.45, 7) is 6.02. The first-order valence-corrected chi connectivity index (χ1v) is 12.4. The van der Waals surface area contributed by atoms with Crippen molar-refractivity contribution in [3.05, 3.63) is 94.1 Å². The van der Waals surface area contributed by atoms with Gasteiger partial charge in [0.25, 0.3) is 0 Å². The minimum atomic E-state index is -4.66. The van der Waals surface area contributed by atoms with E-state index >= 15 is 0 Å². The molecule has 1 aromatic carbocycles. The van der Waals surface area contributed by atoms with Gasteiger partial charge in [-0.05, 0) is 80.2 Å². The summed E-state index contributed by atoms with van der Waals surface area (Å²) < 4.78 is 73.9. The van der Waals surface area contributed by atoms with E-state index in [2.05, 4.69) is 5.10 Å². The van der Waals surface area contributed by atoms with Crippen LogP contribution in [-0.4, -0.2) is 22.8 Å². The Kier molecular flexibility index (Phi) is 9.46. The normalized spacial score (nSPS) is 18.8.